The number of nitrogens with zero attached hydrogens (tertiary/aromatic N) is 2. The Morgan fingerprint density at radius 1 is 0.773 bits per heavy atom. The van der Waals surface area contributed by atoms with Crippen molar-refractivity contribution in [1.29, 1.82) is 0 Å². The van der Waals surface area contributed by atoms with Gasteiger partial charge in [-0.1, -0.05) is 47.0 Å². The van der Waals surface area contributed by atoms with Crippen LogP contribution in [0.3, 0.4) is 0 Å². The van der Waals surface area contributed by atoms with E-state index in [4.69, 9.17) is 39.5 Å². The molecule has 0 radical (unpaired) electrons. The van der Waals surface area contributed by atoms with Crippen molar-refractivity contribution in [3.63, 3.8) is 0 Å². The largest absolute Gasteiger partial charge is 0.423 e. The van der Waals surface area contributed by atoms with Gasteiger partial charge in [0.05, 0.1) is 22.4 Å². The number of carbonyl (C=O) groups excluding carboxylic acids is 5. The molecule has 4 aliphatic carbocycles. The Balaban J connectivity index is 1.13. The SMILES string of the molecule is O=C(CN(C(=O)c1ccc(Cl)cc1)N1C(=O)[C@@H]2[C@H]3C=C[C@@H]([C@@H]4C[C@@H]34)[C@H]2C1=O)c1ccc(OC(=O)c2ccc(Cl)cc2Cl)cc1. The van der Waals surface area contributed by atoms with Crippen LogP contribution in [0.2, 0.25) is 15.1 Å². The highest BCUT2D eigenvalue weighted by atomic mass is 35.5. The van der Waals surface area contributed by atoms with E-state index in [0.29, 0.717) is 21.9 Å². The molecule has 0 N–H and O–H groups in total. The van der Waals surface area contributed by atoms with Crippen molar-refractivity contribution in [3.8, 4) is 5.75 Å². The van der Waals surface area contributed by atoms with E-state index in [1.165, 1.54) is 66.7 Å². The van der Waals surface area contributed by atoms with E-state index >= 15 is 0 Å². The van der Waals surface area contributed by atoms with Gasteiger partial charge in [0, 0.05) is 21.2 Å². The summed E-state index contributed by atoms with van der Waals surface area (Å²) in [6, 6.07) is 16.1. The minimum atomic E-state index is -0.709. The molecule has 3 aromatic carbocycles. The Morgan fingerprint density at radius 3 is 1.93 bits per heavy atom. The van der Waals surface area contributed by atoms with Crippen LogP contribution in [0.1, 0.15) is 37.5 Å². The standard InChI is InChI=1S/C33H23Cl3N2O6/c34-18-5-1-17(2-6-18)30(40)37(38-31(41)28-21-11-12-22(25-14-24(21)25)29(28)32(38)42)15-27(39)16-3-8-20(9-4-16)44-33(43)23-10-7-19(35)13-26(23)36/h1-13,21-22,24-25,28-29H,14-15H2/t21-,22-,24-,25-,28+,29+/m0/s1. The molecule has 222 valence electrons. The number of hydrogen-bond donors (Lipinski definition) is 0. The summed E-state index contributed by atoms with van der Waals surface area (Å²) in [5, 5.41) is 2.76. The molecule has 44 heavy (non-hydrogen) atoms. The van der Waals surface area contributed by atoms with E-state index in [1.54, 1.807) is 0 Å². The first-order chi connectivity index (χ1) is 21.1. The molecule has 0 aromatic heterocycles. The summed E-state index contributed by atoms with van der Waals surface area (Å²) in [6.45, 7) is -0.562. The van der Waals surface area contributed by atoms with Crippen LogP contribution >= 0.6 is 34.8 Å². The van der Waals surface area contributed by atoms with Crippen LogP contribution in [-0.4, -0.2) is 46.0 Å². The maximum atomic E-state index is 13.8. The minimum absolute atomic E-state index is 0.0438. The third-order valence-electron chi connectivity index (χ3n) is 9.04. The van der Waals surface area contributed by atoms with E-state index in [1.807, 2.05) is 12.2 Å². The first kappa shape index (κ1) is 28.8. The van der Waals surface area contributed by atoms with Gasteiger partial charge >= 0.3 is 5.97 Å². The molecule has 0 unspecified atom stereocenters. The average Bonchev–Trinajstić information content (AvgIpc) is 3.79. The minimum Gasteiger partial charge on any atom is -0.423 e. The zero-order chi connectivity index (χ0) is 30.9. The summed E-state index contributed by atoms with van der Waals surface area (Å²) < 4.78 is 5.39. The van der Waals surface area contributed by atoms with Gasteiger partial charge in [0.15, 0.2) is 5.78 Å². The van der Waals surface area contributed by atoms with Crippen molar-refractivity contribution >= 4 is 64.3 Å². The summed E-state index contributed by atoms with van der Waals surface area (Å²) in [7, 11) is 0. The van der Waals surface area contributed by atoms with Crippen LogP contribution in [0.25, 0.3) is 0 Å². The predicted molar refractivity (Wildman–Crippen MR) is 161 cm³/mol. The lowest BCUT2D eigenvalue weighted by molar-refractivity contribution is -0.154. The Kier molecular flexibility index (Phi) is 7.11. The molecule has 8 nitrogen and oxygen atoms in total. The number of imide groups is 1. The Bertz CT molecular complexity index is 1740. The summed E-state index contributed by atoms with van der Waals surface area (Å²) in [5.74, 6) is -3.07. The number of hydrazine groups is 1. The lowest BCUT2D eigenvalue weighted by Gasteiger charge is -2.37. The molecule has 1 aliphatic heterocycles. The van der Waals surface area contributed by atoms with Crippen molar-refractivity contribution in [3.05, 3.63) is 111 Å². The normalized spacial score (nSPS) is 25.8. The summed E-state index contributed by atoms with van der Waals surface area (Å²) in [6.07, 6.45) is 5.08. The van der Waals surface area contributed by atoms with Crippen molar-refractivity contribution in [2.24, 2.45) is 35.5 Å². The van der Waals surface area contributed by atoms with Crippen LogP contribution in [0, 0.1) is 35.5 Å². The number of amides is 3. The quantitative estimate of drug-likeness (QED) is 0.1000. The van der Waals surface area contributed by atoms with Crippen LogP contribution in [0.5, 0.6) is 5.75 Å². The number of ether oxygens (including phenoxy) is 1. The average molecular weight is 650 g/mol. The van der Waals surface area contributed by atoms with Gasteiger partial charge < -0.3 is 4.74 Å². The van der Waals surface area contributed by atoms with Crippen molar-refractivity contribution in [2.75, 3.05) is 6.54 Å². The molecule has 3 amide bonds. The van der Waals surface area contributed by atoms with Gasteiger partial charge in [-0.3, -0.25) is 19.2 Å². The number of carbonyl (C=O) groups is 5. The highest BCUT2D eigenvalue weighted by Crippen LogP contribution is 2.65. The van der Waals surface area contributed by atoms with E-state index < -0.39 is 47.9 Å². The molecule has 5 aliphatic rings. The monoisotopic (exact) mass is 648 g/mol. The molecular formula is C33H23Cl3N2O6. The second-order valence-corrected chi connectivity index (χ2v) is 12.8. The summed E-state index contributed by atoms with van der Waals surface area (Å²) in [4.78, 5) is 67.6. The van der Waals surface area contributed by atoms with Crippen LogP contribution < -0.4 is 4.74 Å². The number of allylic oxidation sites excluding steroid dienone is 2. The Morgan fingerprint density at radius 2 is 1.34 bits per heavy atom. The fourth-order valence-electron chi connectivity index (χ4n) is 6.91. The number of esters is 1. The van der Waals surface area contributed by atoms with Gasteiger partial charge in [-0.15, -0.1) is 0 Å². The van der Waals surface area contributed by atoms with Crippen LogP contribution in [-0.2, 0) is 9.59 Å². The summed E-state index contributed by atoms with van der Waals surface area (Å²) in [5.41, 5.74) is 0.474. The molecule has 2 bridgehead atoms. The number of hydrogen-bond acceptors (Lipinski definition) is 6. The topological polar surface area (TPSA) is 101 Å². The molecule has 2 saturated carbocycles. The number of Topliss-reactive ketones (excluding diaryl/α,β-unsaturated/α-hetero) is 1. The number of benzene rings is 3. The fourth-order valence-corrected chi connectivity index (χ4v) is 7.52. The van der Waals surface area contributed by atoms with Gasteiger partial charge in [0.2, 0.25) is 0 Å². The van der Waals surface area contributed by atoms with E-state index in [2.05, 4.69) is 0 Å². The summed E-state index contributed by atoms with van der Waals surface area (Å²) >= 11 is 18.0. The fraction of sp³-hybridized carbons (Fsp3) is 0.242. The lowest BCUT2D eigenvalue weighted by Crippen LogP contribution is -2.52. The molecule has 11 heteroatoms. The smallest absolute Gasteiger partial charge is 0.345 e. The third-order valence-corrected chi connectivity index (χ3v) is 9.84. The van der Waals surface area contributed by atoms with Gasteiger partial charge in [-0.2, -0.15) is 5.01 Å². The number of rotatable bonds is 7. The second-order valence-electron chi connectivity index (χ2n) is 11.5. The molecule has 1 heterocycles. The van der Waals surface area contributed by atoms with Crippen molar-refractivity contribution in [2.45, 2.75) is 6.42 Å². The molecule has 0 spiro atoms. The van der Waals surface area contributed by atoms with Gasteiger partial charge in [0.1, 0.15) is 12.3 Å². The molecule has 8 rings (SSSR count). The maximum Gasteiger partial charge on any atom is 0.345 e. The molecule has 3 aromatic rings. The van der Waals surface area contributed by atoms with Gasteiger partial charge in [0.25, 0.3) is 17.7 Å². The molecule has 3 fully saturated rings. The van der Waals surface area contributed by atoms with E-state index in [0.717, 1.165) is 16.4 Å². The van der Waals surface area contributed by atoms with Crippen LogP contribution in [0.15, 0.2) is 78.9 Å². The number of halogens is 3. The molecular weight excluding hydrogens is 627 g/mol. The number of ketones is 1. The van der Waals surface area contributed by atoms with Crippen molar-refractivity contribution in [1.82, 2.24) is 10.0 Å². The Labute approximate surface area is 267 Å². The van der Waals surface area contributed by atoms with Crippen molar-refractivity contribution < 1.29 is 28.7 Å². The van der Waals surface area contributed by atoms with E-state index in [9.17, 15) is 24.0 Å². The third kappa shape index (κ3) is 4.82. The highest BCUT2D eigenvalue weighted by Gasteiger charge is 2.68. The molecule has 6 atom stereocenters. The van der Waals surface area contributed by atoms with Gasteiger partial charge in [-0.25, -0.2) is 9.80 Å². The first-order valence-corrected chi connectivity index (χ1v) is 15.2. The lowest BCUT2D eigenvalue weighted by atomic mass is 9.63. The zero-order valence-electron chi connectivity index (χ0n) is 22.9. The maximum absolute atomic E-state index is 13.8. The zero-order valence-corrected chi connectivity index (χ0v) is 25.1. The highest BCUT2D eigenvalue weighted by molar-refractivity contribution is 6.36. The van der Waals surface area contributed by atoms with E-state index in [-0.39, 0.29) is 39.3 Å². The predicted octanol–water partition coefficient (Wildman–Crippen LogP) is 6.16. The van der Waals surface area contributed by atoms with Crippen LogP contribution in [0.4, 0.5) is 0 Å². The van der Waals surface area contributed by atoms with Gasteiger partial charge in [-0.05, 0) is 96.8 Å². The first-order valence-electron chi connectivity index (χ1n) is 14.1. The Hall–Kier alpha value is -3.98. The molecule has 1 saturated heterocycles. The second kappa shape index (κ2) is 10.9.